The number of nitrogens with zero attached hydrogens (tertiary/aromatic N) is 1. The average Bonchev–Trinajstić information content (AvgIpc) is 2.20. The van der Waals surface area contributed by atoms with E-state index in [1.807, 2.05) is 6.92 Å². The lowest BCUT2D eigenvalue weighted by molar-refractivity contribution is -0.150. The van der Waals surface area contributed by atoms with Crippen molar-refractivity contribution in [2.45, 2.75) is 53.2 Å². The molecule has 1 N–H and O–H groups in total. The maximum atomic E-state index is 11.0. The SMILES string of the molecule is CCOC(CCN(CC(C)C)C(C)C)C(=O)O. The van der Waals surface area contributed by atoms with Gasteiger partial charge in [-0.1, -0.05) is 13.8 Å². The van der Waals surface area contributed by atoms with Gasteiger partial charge in [0.05, 0.1) is 0 Å². The quantitative estimate of drug-likeness (QED) is 0.677. The number of hydrogen-bond donors (Lipinski definition) is 1. The molecule has 0 aliphatic carbocycles. The van der Waals surface area contributed by atoms with E-state index in [2.05, 4.69) is 32.6 Å². The number of carboxylic acid groups (broad SMARTS) is 1. The number of carboxylic acids is 1. The minimum Gasteiger partial charge on any atom is -0.479 e. The Morgan fingerprint density at radius 1 is 1.29 bits per heavy atom. The molecule has 0 saturated carbocycles. The van der Waals surface area contributed by atoms with Gasteiger partial charge in [0.25, 0.3) is 0 Å². The Hall–Kier alpha value is -0.610. The summed E-state index contributed by atoms with van der Waals surface area (Å²) >= 11 is 0. The molecule has 0 spiro atoms. The summed E-state index contributed by atoms with van der Waals surface area (Å²) < 4.78 is 5.21. The second-order valence-corrected chi connectivity index (χ2v) is 5.05. The molecular weight excluding hydrogens is 218 g/mol. The summed E-state index contributed by atoms with van der Waals surface area (Å²) in [5.41, 5.74) is 0. The molecule has 0 aromatic heterocycles. The van der Waals surface area contributed by atoms with Gasteiger partial charge in [-0.2, -0.15) is 0 Å². The molecule has 0 radical (unpaired) electrons. The monoisotopic (exact) mass is 245 g/mol. The largest absolute Gasteiger partial charge is 0.479 e. The van der Waals surface area contributed by atoms with Crippen molar-refractivity contribution in [2.75, 3.05) is 19.7 Å². The van der Waals surface area contributed by atoms with Crippen molar-refractivity contribution >= 4 is 5.97 Å². The Morgan fingerprint density at radius 2 is 1.88 bits per heavy atom. The van der Waals surface area contributed by atoms with Gasteiger partial charge in [-0.25, -0.2) is 4.79 Å². The topological polar surface area (TPSA) is 49.8 Å². The Bertz CT molecular complexity index is 217. The first-order chi connectivity index (χ1) is 7.88. The van der Waals surface area contributed by atoms with Gasteiger partial charge in [-0.05, 0) is 33.1 Å². The van der Waals surface area contributed by atoms with Gasteiger partial charge in [-0.3, -0.25) is 0 Å². The number of hydrogen-bond acceptors (Lipinski definition) is 3. The van der Waals surface area contributed by atoms with Crippen molar-refractivity contribution < 1.29 is 14.6 Å². The van der Waals surface area contributed by atoms with Crippen LogP contribution in [0.5, 0.6) is 0 Å². The molecule has 0 aliphatic heterocycles. The van der Waals surface area contributed by atoms with Crippen LogP contribution in [0.15, 0.2) is 0 Å². The highest BCUT2D eigenvalue weighted by molar-refractivity contribution is 5.72. The van der Waals surface area contributed by atoms with E-state index in [0.29, 0.717) is 25.0 Å². The van der Waals surface area contributed by atoms with E-state index < -0.39 is 12.1 Å². The van der Waals surface area contributed by atoms with Gasteiger partial charge >= 0.3 is 5.97 Å². The standard InChI is InChI=1S/C13H27NO3/c1-6-17-12(13(15)16)7-8-14(11(4)5)9-10(2)3/h10-12H,6-9H2,1-5H3,(H,15,16). The third-order valence-electron chi connectivity index (χ3n) is 2.65. The van der Waals surface area contributed by atoms with Gasteiger partial charge in [0.1, 0.15) is 0 Å². The van der Waals surface area contributed by atoms with E-state index in [4.69, 9.17) is 9.84 Å². The molecule has 1 unspecified atom stereocenters. The summed E-state index contributed by atoms with van der Waals surface area (Å²) in [6.07, 6.45) is -0.123. The Kier molecular flexibility index (Phi) is 8.17. The molecule has 0 aromatic rings. The molecule has 0 aliphatic rings. The third-order valence-corrected chi connectivity index (χ3v) is 2.65. The first-order valence-corrected chi connectivity index (χ1v) is 6.46. The molecule has 0 amide bonds. The van der Waals surface area contributed by atoms with Gasteiger partial charge in [0.15, 0.2) is 6.10 Å². The summed E-state index contributed by atoms with van der Waals surface area (Å²) in [6, 6.07) is 0.438. The lowest BCUT2D eigenvalue weighted by atomic mass is 10.1. The van der Waals surface area contributed by atoms with Crippen molar-refractivity contribution in [1.82, 2.24) is 4.90 Å². The van der Waals surface area contributed by atoms with E-state index in [-0.39, 0.29) is 0 Å². The number of rotatable bonds is 9. The predicted molar refractivity (Wildman–Crippen MR) is 69.2 cm³/mol. The zero-order valence-electron chi connectivity index (χ0n) is 11.8. The summed E-state index contributed by atoms with van der Waals surface area (Å²) in [5, 5.41) is 8.99. The van der Waals surface area contributed by atoms with Crippen LogP contribution in [-0.4, -0.2) is 47.8 Å². The molecule has 0 heterocycles. The fraction of sp³-hybridized carbons (Fsp3) is 0.923. The molecule has 0 rings (SSSR count). The van der Waals surface area contributed by atoms with Crippen LogP contribution < -0.4 is 0 Å². The normalized spacial score (nSPS) is 13.6. The van der Waals surface area contributed by atoms with Crippen LogP contribution in [0.1, 0.15) is 41.0 Å². The smallest absolute Gasteiger partial charge is 0.332 e. The summed E-state index contributed by atoms with van der Waals surface area (Å²) in [6.45, 7) is 12.7. The molecule has 102 valence electrons. The predicted octanol–water partition coefficient (Wildman–Crippen LogP) is 2.23. The first kappa shape index (κ1) is 16.4. The molecule has 0 bridgehead atoms. The van der Waals surface area contributed by atoms with Crippen LogP contribution >= 0.6 is 0 Å². The Balaban J connectivity index is 4.21. The number of ether oxygens (including phenoxy) is 1. The highest BCUT2D eigenvalue weighted by Crippen LogP contribution is 2.08. The van der Waals surface area contributed by atoms with Gasteiger partial charge in [-0.15, -0.1) is 0 Å². The lowest BCUT2D eigenvalue weighted by Crippen LogP contribution is -2.38. The number of carbonyl (C=O) groups is 1. The minimum absolute atomic E-state index is 0.438. The maximum absolute atomic E-state index is 11.0. The van der Waals surface area contributed by atoms with Crippen LogP contribution in [0.3, 0.4) is 0 Å². The third kappa shape index (κ3) is 7.34. The first-order valence-electron chi connectivity index (χ1n) is 6.46. The fourth-order valence-electron chi connectivity index (χ4n) is 1.79. The zero-order valence-corrected chi connectivity index (χ0v) is 11.8. The average molecular weight is 245 g/mol. The van der Waals surface area contributed by atoms with E-state index >= 15 is 0 Å². The van der Waals surface area contributed by atoms with E-state index in [9.17, 15) is 4.79 Å². The number of aliphatic carboxylic acids is 1. The van der Waals surface area contributed by atoms with Gasteiger partial charge < -0.3 is 14.7 Å². The van der Waals surface area contributed by atoms with Crippen LogP contribution in [0.4, 0.5) is 0 Å². The van der Waals surface area contributed by atoms with Crippen molar-refractivity contribution in [1.29, 1.82) is 0 Å². The molecule has 17 heavy (non-hydrogen) atoms. The summed E-state index contributed by atoms with van der Waals surface area (Å²) in [7, 11) is 0. The van der Waals surface area contributed by atoms with E-state index in [0.717, 1.165) is 13.1 Å². The molecule has 0 fully saturated rings. The lowest BCUT2D eigenvalue weighted by Gasteiger charge is -2.29. The highest BCUT2D eigenvalue weighted by Gasteiger charge is 2.20. The van der Waals surface area contributed by atoms with Crippen LogP contribution in [0.2, 0.25) is 0 Å². The van der Waals surface area contributed by atoms with Crippen molar-refractivity contribution in [3.8, 4) is 0 Å². The zero-order chi connectivity index (χ0) is 13.4. The second kappa shape index (κ2) is 8.48. The highest BCUT2D eigenvalue weighted by atomic mass is 16.5. The summed E-state index contributed by atoms with van der Waals surface area (Å²) in [5.74, 6) is -0.270. The van der Waals surface area contributed by atoms with E-state index in [1.54, 1.807) is 0 Å². The molecule has 0 saturated heterocycles. The fourth-order valence-corrected chi connectivity index (χ4v) is 1.79. The van der Waals surface area contributed by atoms with Gasteiger partial charge in [0, 0.05) is 25.7 Å². The molecular formula is C13H27NO3. The maximum Gasteiger partial charge on any atom is 0.332 e. The molecule has 0 aromatic carbocycles. The Labute approximate surface area is 105 Å². The minimum atomic E-state index is -0.861. The van der Waals surface area contributed by atoms with Crippen molar-refractivity contribution in [3.05, 3.63) is 0 Å². The van der Waals surface area contributed by atoms with Crippen molar-refractivity contribution in [3.63, 3.8) is 0 Å². The van der Waals surface area contributed by atoms with Gasteiger partial charge in [0.2, 0.25) is 0 Å². The summed E-state index contributed by atoms with van der Waals surface area (Å²) in [4.78, 5) is 13.3. The molecule has 4 heteroatoms. The second-order valence-electron chi connectivity index (χ2n) is 5.05. The Morgan fingerprint density at radius 3 is 2.24 bits per heavy atom. The van der Waals surface area contributed by atoms with Crippen LogP contribution in [0.25, 0.3) is 0 Å². The molecule has 1 atom stereocenters. The molecule has 4 nitrogen and oxygen atoms in total. The van der Waals surface area contributed by atoms with Crippen molar-refractivity contribution in [2.24, 2.45) is 5.92 Å². The van der Waals surface area contributed by atoms with Crippen LogP contribution in [0, 0.1) is 5.92 Å². The van der Waals surface area contributed by atoms with E-state index in [1.165, 1.54) is 0 Å². The van der Waals surface area contributed by atoms with Crippen LogP contribution in [-0.2, 0) is 9.53 Å².